The highest BCUT2D eigenvalue weighted by Crippen LogP contribution is 2.16. The molecule has 11 nitrogen and oxygen atoms in total. The van der Waals surface area contributed by atoms with Crippen LogP contribution in [0.2, 0.25) is 5.02 Å². The molecule has 0 saturated carbocycles. The molecule has 31 heavy (non-hydrogen) atoms. The van der Waals surface area contributed by atoms with E-state index in [4.69, 9.17) is 31.0 Å². The third kappa shape index (κ3) is 10.5. The van der Waals surface area contributed by atoms with Crippen molar-refractivity contribution in [2.45, 2.75) is 39.0 Å². The van der Waals surface area contributed by atoms with E-state index in [0.29, 0.717) is 15.6 Å². The molecule has 1 aromatic carbocycles. The molecule has 0 aliphatic heterocycles. The first-order valence-corrected chi connectivity index (χ1v) is 9.52. The van der Waals surface area contributed by atoms with Crippen LogP contribution in [0.3, 0.4) is 0 Å². The van der Waals surface area contributed by atoms with E-state index >= 15 is 0 Å². The van der Waals surface area contributed by atoms with Crippen molar-refractivity contribution in [1.82, 2.24) is 15.7 Å². The smallest absolute Gasteiger partial charge is 0.434 e. The zero-order valence-electron chi connectivity index (χ0n) is 17.6. The minimum atomic E-state index is -1.42. The number of ether oxygens (including phenoxy) is 2. The lowest BCUT2D eigenvalue weighted by molar-refractivity contribution is -0.149. The second kappa shape index (κ2) is 12.0. The van der Waals surface area contributed by atoms with Gasteiger partial charge in [0, 0.05) is 24.2 Å². The Morgan fingerprint density at radius 1 is 1.19 bits per heavy atom. The maximum Gasteiger partial charge on any atom is 0.434 e. The largest absolute Gasteiger partial charge is 0.480 e. The first kappa shape index (κ1) is 26.0. The lowest BCUT2D eigenvalue weighted by Gasteiger charge is -2.22. The summed E-state index contributed by atoms with van der Waals surface area (Å²) in [7, 11) is 1.24. The van der Waals surface area contributed by atoms with E-state index in [2.05, 4.69) is 10.6 Å². The van der Waals surface area contributed by atoms with Gasteiger partial charge in [-0.05, 0) is 26.8 Å². The average Bonchev–Trinajstić information content (AvgIpc) is 2.66. The third-order valence-corrected chi connectivity index (χ3v) is 3.82. The molecular formula is C19H26ClN3O8. The summed E-state index contributed by atoms with van der Waals surface area (Å²) in [6, 6.07) is 5.39. The molecule has 1 aromatic rings. The molecule has 0 heterocycles. The predicted octanol–water partition coefficient (Wildman–Crippen LogP) is 1.93. The molecule has 0 saturated heterocycles. The summed E-state index contributed by atoms with van der Waals surface area (Å²) < 4.78 is 10.00. The van der Waals surface area contributed by atoms with Crippen LogP contribution in [0.5, 0.6) is 0 Å². The summed E-state index contributed by atoms with van der Waals surface area (Å²) in [4.78, 5) is 51.7. The van der Waals surface area contributed by atoms with E-state index in [9.17, 15) is 19.2 Å². The van der Waals surface area contributed by atoms with Gasteiger partial charge in [0.15, 0.2) is 6.61 Å². The van der Waals surface area contributed by atoms with Crippen molar-refractivity contribution in [3.05, 3.63) is 34.9 Å². The highest BCUT2D eigenvalue weighted by Gasteiger charge is 2.24. The lowest BCUT2D eigenvalue weighted by Crippen LogP contribution is -2.50. The second-order valence-corrected chi connectivity index (χ2v) is 7.67. The number of benzene rings is 1. The Labute approximate surface area is 184 Å². The second-order valence-electron chi connectivity index (χ2n) is 7.26. The Balaban J connectivity index is 2.39. The fourth-order valence-corrected chi connectivity index (χ4v) is 2.16. The number of hydrogen-bond acceptors (Lipinski definition) is 7. The first-order chi connectivity index (χ1) is 14.4. The molecule has 0 aliphatic rings. The van der Waals surface area contributed by atoms with Crippen LogP contribution < -0.4 is 10.6 Å². The molecule has 1 unspecified atom stereocenters. The minimum Gasteiger partial charge on any atom is -0.480 e. The summed E-state index contributed by atoms with van der Waals surface area (Å²) in [5.41, 5.74) is -0.212. The third-order valence-electron chi connectivity index (χ3n) is 3.45. The SMILES string of the molecule is CN(OCC(=O)NCC(NC(=O)OC(C)(C)C)C(=O)O)C(=O)OCc1ccccc1Cl. The van der Waals surface area contributed by atoms with E-state index in [1.165, 1.54) is 7.05 Å². The van der Waals surface area contributed by atoms with Gasteiger partial charge in [-0.25, -0.2) is 14.4 Å². The number of carboxylic acid groups (broad SMARTS) is 1. The van der Waals surface area contributed by atoms with Gasteiger partial charge in [0.25, 0.3) is 0 Å². The van der Waals surface area contributed by atoms with Gasteiger partial charge in [-0.15, -0.1) is 0 Å². The predicted molar refractivity (Wildman–Crippen MR) is 109 cm³/mol. The Morgan fingerprint density at radius 3 is 2.42 bits per heavy atom. The zero-order chi connectivity index (χ0) is 23.6. The molecule has 0 bridgehead atoms. The summed E-state index contributed by atoms with van der Waals surface area (Å²) in [5.74, 6) is -2.09. The summed E-state index contributed by atoms with van der Waals surface area (Å²) in [6.07, 6.45) is -1.80. The van der Waals surface area contributed by atoms with E-state index in [0.717, 1.165) is 0 Å². The Morgan fingerprint density at radius 2 is 1.84 bits per heavy atom. The normalized spacial score (nSPS) is 11.8. The van der Waals surface area contributed by atoms with Crippen LogP contribution in [-0.4, -0.2) is 66.1 Å². The van der Waals surface area contributed by atoms with Crippen molar-refractivity contribution in [3.8, 4) is 0 Å². The molecule has 0 spiro atoms. The Hall–Kier alpha value is -3.05. The number of nitrogens with one attached hydrogen (secondary N) is 2. The zero-order valence-corrected chi connectivity index (χ0v) is 18.4. The van der Waals surface area contributed by atoms with Gasteiger partial charge in [-0.1, -0.05) is 29.8 Å². The quantitative estimate of drug-likeness (QED) is 0.475. The number of hydrogen-bond donors (Lipinski definition) is 3. The van der Waals surface area contributed by atoms with Gasteiger partial charge in [-0.2, -0.15) is 5.06 Å². The molecule has 12 heteroatoms. The number of amides is 3. The van der Waals surface area contributed by atoms with Crippen LogP contribution in [0, 0.1) is 0 Å². The van der Waals surface area contributed by atoms with Crippen molar-refractivity contribution < 1.29 is 38.6 Å². The molecule has 0 radical (unpaired) electrons. The lowest BCUT2D eigenvalue weighted by atomic mass is 10.2. The molecule has 172 valence electrons. The molecule has 0 aromatic heterocycles. The van der Waals surface area contributed by atoms with E-state index < -0.39 is 48.9 Å². The molecule has 1 atom stereocenters. The van der Waals surface area contributed by atoms with Crippen LogP contribution in [0.1, 0.15) is 26.3 Å². The number of nitrogens with zero attached hydrogens (tertiary/aromatic N) is 1. The standard InChI is InChI=1S/C19H26ClN3O8/c1-19(2,3)31-17(27)22-14(16(25)26)9-21-15(24)11-30-23(4)18(28)29-10-12-7-5-6-8-13(12)20/h5-8,14H,9-11H2,1-4H3,(H,21,24)(H,22,27)(H,25,26). The van der Waals surface area contributed by atoms with Gasteiger partial charge in [0.1, 0.15) is 18.2 Å². The van der Waals surface area contributed by atoms with Crippen LogP contribution in [0.15, 0.2) is 24.3 Å². The molecule has 3 N–H and O–H groups in total. The molecule has 3 amide bonds. The molecule has 0 aliphatic carbocycles. The number of carbonyl (C=O) groups is 4. The van der Waals surface area contributed by atoms with Crippen LogP contribution in [0.25, 0.3) is 0 Å². The highest BCUT2D eigenvalue weighted by atomic mass is 35.5. The number of rotatable bonds is 9. The van der Waals surface area contributed by atoms with Crippen molar-refractivity contribution >= 4 is 35.7 Å². The number of hydroxylamine groups is 2. The van der Waals surface area contributed by atoms with Crippen LogP contribution in [-0.2, 0) is 30.5 Å². The van der Waals surface area contributed by atoms with E-state index in [-0.39, 0.29) is 6.61 Å². The van der Waals surface area contributed by atoms with E-state index in [1.807, 2.05) is 0 Å². The highest BCUT2D eigenvalue weighted by molar-refractivity contribution is 6.31. The maximum absolute atomic E-state index is 11.9. The number of carbonyl (C=O) groups excluding carboxylic acids is 3. The van der Waals surface area contributed by atoms with Crippen molar-refractivity contribution in [1.29, 1.82) is 0 Å². The van der Waals surface area contributed by atoms with Crippen LogP contribution >= 0.6 is 11.6 Å². The van der Waals surface area contributed by atoms with Crippen molar-refractivity contribution in [2.75, 3.05) is 20.2 Å². The number of alkyl carbamates (subject to hydrolysis) is 1. The monoisotopic (exact) mass is 459 g/mol. The summed E-state index contributed by atoms with van der Waals surface area (Å²) >= 11 is 5.97. The van der Waals surface area contributed by atoms with Gasteiger partial charge >= 0.3 is 18.2 Å². The van der Waals surface area contributed by atoms with Crippen molar-refractivity contribution in [2.24, 2.45) is 0 Å². The summed E-state index contributed by atoms with van der Waals surface area (Å²) in [6.45, 7) is 3.77. The summed E-state index contributed by atoms with van der Waals surface area (Å²) in [5, 5.41) is 14.7. The first-order valence-electron chi connectivity index (χ1n) is 9.15. The minimum absolute atomic E-state index is 0.0883. The van der Waals surface area contributed by atoms with Gasteiger partial charge < -0.3 is 25.2 Å². The fraction of sp³-hybridized carbons (Fsp3) is 0.474. The van der Waals surface area contributed by atoms with E-state index in [1.54, 1.807) is 45.0 Å². The number of aliphatic carboxylic acids is 1. The molecule has 1 rings (SSSR count). The van der Waals surface area contributed by atoms with Crippen LogP contribution in [0.4, 0.5) is 9.59 Å². The topological polar surface area (TPSA) is 144 Å². The number of carboxylic acids is 1. The van der Waals surface area contributed by atoms with Gasteiger partial charge in [0.2, 0.25) is 5.91 Å². The molecular weight excluding hydrogens is 434 g/mol. The van der Waals surface area contributed by atoms with Crippen molar-refractivity contribution in [3.63, 3.8) is 0 Å². The Kier molecular flexibility index (Phi) is 10.0. The molecule has 0 fully saturated rings. The maximum atomic E-state index is 11.9. The number of halogens is 1. The average molecular weight is 460 g/mol. The fourth-order valence-electron chi connectivity index (χ4n) is 1.97. The van der Waals surface area contributed by atoms with Gasteiger partial charge in [-0.3, -0.25) is 9.63 Å². The Bertz CT molecular complexity index is 797. The van der Waals surface area contributed by atoms with Gasteiger partial charge in [0.05, 0.1) is 0 Å².